The van der Waals surface area contributed by atoms with Crippen molar-refractivity contribution in [3.8, 4) is 0 Å². The maximum absolute atomic E-state index is 10.6. The van der Waals surface area contributed by atoms with E-state index in [1.54, 1.807) is 0 Å². The Morgan fingerprint density at radius 3 is 3.42 bits per heavy atom. The van der Waals surface area contributed by atoms with E-state index in [0.717, 1.165) is 18.5 Å². The lowest BCUT2D eigenvalue weighted by molar-refractivity contribution is -0.110. The first-order chi connectivity index (χ1) is 5.92. The van der Waals surface area contributed by atoms with E-state index in [2.05, 4.69) is 5.32 Å². The molecule has 12 heavy (non-hydrogen) atoms. The van der Waals surface area contributed by atoms with Gasteiger partial charge in [0.25, 0.3) is 0 Å². The molecule has 0 amide bonds. The van der Waals surface area contributed by atoms with Crippen molar-refractivity contribution >= 4 is 6.29 Å². The molecule has 0 radical (unpaired) electrons. The van der Waals surface area contributed by atoms with Gasteiger partial charge >= 0.3 is 1.43 Å². The van der Waals surface area contributed by atoms with Crippen molar-refractivity contribution in [2.75, 3.05) is 0 Å². The summed E-state index contributed by atoms with van der Waals surface area (Å²) < 4.78 is 0. The predicted molar refractivity (Wildman–Crippen MR) is 46.9 cm³/mol. The molecule has 3 nitrogen and oxygen atoms in total. The van der Waals surface area contributed by atoms with Crippen LogP contribution in [-0.4, -0.2) is 17.2 Å². The molecule has 1 atom stereocenters. The Labute approximate surface area is 72.5 Å². The molecule has 2 aliphatic rings. The van der Waals surface area contributed by atoms with E-state index in [1.807, 2.05) is 35.5 Å². The van der Waals surface area contributed by atoms with Gasteiger partial charge < -0.3 is 15.0 Å². The average Bonchev–Trinajstić information content (AvgIpc) is 2.33. The van der Waals surface area contributed by atoms with Crippen LogP contribution in [0.1, 0.15) is 7.85 Å². The SMILES string of the molecule is O=CC1CC=C2NC=CC=CN21.[H+]. The molecule has 1 N–H and O–H groups in total. The zero-order valence-electron chi connectivity index (χ0n) is 7.60. The fraction of sp³-hybridized carbons (Fsp3) is 0.222. The Kier molecular flexibility index (Phi) is 1.70. The smallest absolute Gasteiger partial charge is 0.348 e. The molecule has 0 saturated carbocycles. The molecular weight excluding hydrogens is 152 g/mol. The van der Waals surface area contributed by atoms with Crippen LogP contribution in [0.4, 0.5) is 0 Å². The van der Waals surface area contributed by atoms with Crippen molar-refractivity contribution in [1.29, 1.82) is 0 Å². The number of rotatable bonds is 1. The Hall–Kier alpha value is -1.51. The second-order valence-corrected chi connectivity index (χ2v) is 2.78. The number of hydrogen-bond donors (Lipinski definition) is 1. The number of fused-ring (bicyclic) bond motifs is 1. The fourth-order valence-electron chi connectivity index (χ4n) is 1.41. The minimum absolute atomic E-state index is 0. The van der Waals surface area contributed by atoms with Crippen LogP contribution < -0.4 is 5.32 Å². The summed E-state index contributed by atoms with van der Waals surface area (Å²) in [6.07, 6.45) is 11.4. The third-order valence-electron chi connectivity index (χ3n) is 2.03. The number of nitrogens with one attached hydrogen (secondary N) is 1. The lowest BCUT2D eigenvalue weighted by Crippen LogP contribution is -2.29. The highest BCUT2D eigenvalue weighted by Crippen LogP contribution is 2.20. The molecule has 2 heterocycles. The molecule has 1 unspecified atom stereocenters. The summed E-state index contributed by atoms with van der Waals surface area (Å²) >= 11 is 0. The number of aldehydes is 1. The minimum Gasteiger partial charge on any atom is -0.348 e. The van der Waals surface area contributed by atoms with Crippen LogP contribution in [0.5, 0.6) is 0 Å². The number of carbonyl (C=O) groups excluding carboxylic acids is 1. The van der Waals surface area contributed by atoms with E-state index < -0.39 is 0 Å². The van der Waals surface area contributed by atoms with E-state index in [-0.39, 0.29) is 7.47 Å². The standard InChI is InChI=1S/C9H10N2O/c12-7-8-3-4-9-10-5-1-2-6-11(8)9/h1-2,4-8,10H,3H2/p+1. The quantitative estimate of drug-likeness (QED) is 0.581. The largest absolute Gasteiger partial charge is 1.00 e. The number of hydrogen-bond acceptors (Lipinski definition) is 3. The molecule has 0 aliphatic carbocycles. The van der Waals surface area contributed by atoms with Gasteiger partial charge in [-0.15, -0.1) is 0 Å². The third kappa shape index (κ3) is 1.03. The third-order valence-corrected chi connectivity index (χ3v) is 2.03. The Balaban J connectivity index is 0.000000845. The fourth-order valence-corrected chi connectivity index (χ4v) is 1.41. The zero-order valence-corrected chi connectivity index (χ0v) is 6.60. The van der Waals surface area contributed by atoms with Gasteiger partial charge in [0.15, 0.2) is 0 Å². The van der Waals surface area contributed by atoms with Gasteiger partial charge in [-0.3, -0.25) is 0 Å². The van der Waals surface area contributed by atoms with Gasteiger partial charge in [0.1, 0.15) is 12.1 Å². The molecular formula is C9H11N2O+. The molecule has 0 aromatic heterocycles. The van der Waals surface area contributed by atoms with Crippen molar-refractivity contribution in [2.24, 2.45) is 0 Å². The summed E-state index contributed by atoms with van der Waals surface area (Å²) in [5.41, 5.74) is 0. The molecule has 0 saturated heterocycles. The van der Waals surface area contributed by atoms with E-state index >= 15 is 0 Å². The molecule has 0 aromatic rings. The normalized spacial score (nSPS) is 25.8. The van der Waals surface area contributed by atoms with Gasteiger partial charge in [0.05, 0.1) is 6.04 Å². The van der Waals surface area contributed by atoms with Gasteiger partial charge in [0.2, 0.25) is 0 Å². The van der Waals surface area contributed by atoms with Gasteiger partial charge in [-0.2, -0.15) is 0 Å². The Morgan fingerprint density at radius 2 is 2.58 bits per heavy atom. The van der Waals surface area contributed by atoms with E-state index in [4.69, 9.17) is 0 Å². The number of allylic oxidation sites excluding steroid dienone is 2. The second kappa shape index (κ2) is 2.85. The summed E-state index contributed by atoms with van der Waals surface area (Å²) in [7, 11) is 0. The maximum atomic E-state index is 10.6. The highest BCUT2D eigenvalue weighted by Gasteiger charge is 2.23. The zero-order chi connectivity index (χ0) is 8.39. The summed E-state index contributed by atoms with van der Waals surface area (Å²) in [6, 6.07) is -0.0244. The Morgan fingerprint density at radius 1 is 1.67 bits per heavy atom. The van der Waals surface area contributed by atoms with Crippen LogP contribution in [0, 0.1) is 0 Å². The molecule has 0 aromatic carbocycles. The van der Waals surface area contributed by atoms with E-state index in [9.17, 15) is 4.79 Å². The Bertz CT molecular complexity index is 283. The van der Waals surface area contributed by atoms with Crippen LogP contribution in [0.3, 0.4) is 0 Å². The summed E-state index contributed by atoms with van der Waals surface area (Å²) in [5.74, 6) is 0.997. The summed E-state index contributed by atoms with van der Waals surface area (Å²) in [5, 5.41) is 3.09. The average molecular weight is 163 g/mol. The molecule has 0 spiro atoms. The van der Waals surface area contributed by atoms with Crippen LogP contribution >= 0.6 is 0 Å². The molecule has 3 heteroatoms. The molecule has 2 rings (SSSR count). The van der Waals surface area contributed by atoms with Gasteiger partial charge in [-0.1, -0.05) is 0 Å². The van der Waals surface area contributed by atoms with E-state index in [0.29, 0.717) is 0 Å². The van der Waals surface area contributed by atoms with Crippen LogP contribution in [0.2, 0.25) is 0 Å². The maximum Gasteiger partial charge on any atom is 1.00 e. The topological polar surface area (TPSA) is 32.3 Å². The van der Waals surface area contributed by atoms with Crippen LogP contribution in [0.25, 0.3) is 0 Å². The lowest BCUT2D eigenvalue weighted by atomic mass is 10.2. The molecule has 0 bridgehead atoms. The monoisotopic (exact) mass is 163 g/mol. The first-order valence-corrected chi connectivity index (χ1v) is 3.95. The summed E-state index contributed by atoms with van der Waals surface area (Å²) in [4.78, 5) is 12.6. The lowest BCUT2D eigenvalue weighted by Gasteiger charge is -2.20. The van der Waals surface area contributed by atoms with Crippen molar-refractivity contribution in [3.05, 3.63) is 36.4 Å². The van der Waals surface area contributed by atoms with Crippen molar-refractivity contribution < 1.29 is 6.22 Å². The second-order valence-electron chi connectivity index (χ2n) is 2.78. The highest BCUT2D eigenvalue weighted by molar-refractivity contribution is 5.60. The summed E-state index contributed by atoms with van der Waals surface area (Å²) in [6.45, 7) is 0. The van der Waals surface area contributed by atoms with Crippen molar-refractivity contribution in [2.45, 2.75) is 12.5 Å². The first-order valence-electron chi connectivity index (χ1n) is 3.95. The van der Waals surface area contributed by atoms with Crippen molar-refractivity contribution in [3.63, 3.8) is 0 Å². The van der Waals surface area contributed by atoms with Gasteiger partial charge in [-0.05, 0) is 24.6 Å². The predicted octanol–water partition coefficient (Wildman–Crippen LogP) is 0.844. The molecule has 0 fully saturated rings. The van der Waals surface area contributed by atoms with Gasteiger partial charge in [-0.25, -0.2) is 0 Å². The number of carbonyl (C=O) groups is 1. The minimum atomic E-state index is -0.0244. The molecule has 2 aliphatic heterocycles. The highest BCUT2D eigenvalue weighted by atomic mass is 16.1. The van der Waals surface area contributed by atoms with E-state index in [1.165, 1.54) is 0 Å². The van der Waals surface area contributed by atoms with Gasteiger partial charge in [0, 0.05) is 12.4 Å². The number of nitrogens with zero attached hydrogens (tertiary/aromatic N) is 1. The first kappa shape index (κ1) is 7.16. The molecule has 62 valence electrons. The van der Waals surface area contributed by atoms with Crippen LogP contribution in [-0.2, 0) is 4.79 Å². The van der Waals surface area contributed by atoms with Crippen LogP contribution in [0.15, 0.2) is 36.4 Å². The van der Waals surface area contributed by atoms with Crippen molar-refractivity contribution in [1.82, 2.24) is 10.2 Å².